The lowest BCUT2D eigenvalue weighted by Gasteiger charge is -2.37. The lowest BCUT2D eigenvalue weighted by atomic mass is 9.80. The van der Waals surface area contributed by atoms with Crippen LogP contribution in [0.15, 0.2) is 36.4 Å². The number of hydrogen-bond donors (Lipinski definition) is 3. The molecule has 0 atom stereocenters. The first-order valence-corrected chi connectivity index (χ1v) is 15.1. The van der Waals surface area contributed by atoms with E-state index in [-0.39, 0.29) is 21.7 Å². The standard InChI is InChI=1S/C33H53O6P/c1-28(2,3)22-15-17-26(24(19-22)30(7,8)9)37-40(39-33(35,36)32(13,14)21-34)38-27-18-16-23(29(4,5)6)20-25(27)31(10,11)12/h15-20,34-36H,21H2,1-14H3. The molecule has 7 heteroatoms. The molecule has 0 saturated carbocycles. The van der Waals surface area contributed by atoms with Gasteiger partial charge < -0.3 is 24.4 Å². The van der Waals surface area contributed by atoms with Crippen LogP contribution in [-0.4, -0.2) is 27.9 Å². The molecule has 0 amide bonds. The molecule has 2 aromatic carbocycles. The molecular formula is C33H53O6P. The van der Waals surface area contributed by atoms with E-state index in [1.165, 1.54) is 13.8 Å². The summed E-state index contributed by atoms with van der Waals surface area (Å²) in [7, 11) is -2.38. The minimum atomic E-state index is -2.73. The summed E-state index contributed by atoms with van der Waals surface area (Å²) in [5.74, 6) is -1.66. The Labute approximate surface area is 244 Å². The Kier molecular flexibility index (Phi) is 9.95. The van der Waals surface area contributed by atoms with Crippen molar-refractivity contribution in [2.45, 2.75) is 125 Å². The molecule has 0 radical (unpaired) electrons. The summed E-state index contributed by atoms with van der Waals surface area (Å²) in [6, 6.07) is 12.1. The summed E-state index contributed by atoms with van der Waals surface area (Å²) in [4.78, 5) is 0. The minimum Gasteiger partial charge on any atom is -0.417 e. The van der Waals surface area contributed by atoms with E-state index < -0.39 is 26.6 Å². The average Bonchev–Trinajstić information content (AvgIpc) is 2.76. The van der Waals surface area contributed by atoms with Crippen LogP contribution in [0, 0.1) is 5.41 Å². The van der Waals surface area contributed by atoms with Gasteiger partial charge in [0.25, 0.3) is 5.97 Å². The van der Waals surface area contributed by atoms with E-state index in [0.29, 0.717) is 11.5 Å². The Morgan fingerprint density at radius 2 is 0.925 bits per heavy atom. The van der Waals surface area contributed by atoms with Crippen LogP contribution >= 0.6 is 8.60 Å². The third-order valence-electron chi connectivity index (χ3n) is 7.13. The van der Waals surface area contributed by atoms with Gasteiger partial charge in [-0.2, -0.15) is 0 Å². The van der Waals surface area contributed by atoms with Gasteiger partial charge in [-0.1, -0.05) is 107 Å². The molecule has 0 unspecified atom stereocenters. The zero-order valence-electron chi connectivity index (χ0n) is 27.2. The van der Waals surface area contributed by atoms with Crippen molar-refractivity contribution in [3.8, 4) is 11.5 Å². The third-order valence-corrected chi connectivity index (χ3v) is 8.23. The highest BCUT2D eigenvalue weighted by Crippen LogP contribution is 2.51. The molecule has 0 fully saturated rings. The fourth-order valence-corrected chi connectivity index (χ4v) is 5.08. The Bertz CT molecular complexity index is 1080. The van der Waals surface area contributed by atoms with Gasteiger partial charge in [0.15, 0.2) is 0 Å². The van der Waals surface area contributed by atoms with Crippen molar-refractivity contribution in [1.82, 2.24) is 0 Å². The van der Waals surface area contributed by atoms with Gasteiger partial charge >= 0.3 is 8.60 Å². The molecule has 0 spiro atoms. The molecule has 0 aliphatic carbocycles. The average molecular weight is 577 g/mol. The monoisotopic (exact) mass is 576 g/mol. The molecule has 3 N–H and O–H groups in total. The molecular weight excluding hydrogens is 523 g/mol. The van der Waals surface area contributed by atoms with Gasteiger partial charge in [0.05, 0.1) is 12.0 Å². The van der Waals surface area contributed by atoms with Crippen molar-refractivity contribution in [1.29, 1.82) is 0 Å². The number of aliphatic hydroxyl groups excluding tert-OH is 1. The quantitative estimate of drug-likeness (QED) is 0.217. The second-order valence-electron chi connectivity index (χ2n) is 15.6. The summed E-state index contributed by atoms with van der Waals surface area (Å²) in [5, 5.41) is 31.8. The van der Waals surface area contributed by atoms with Gasteiger partial charge in [-0.3, -0.25) is 0 Å². The molecule has 6 nitrogen and oxygen atoms in total. The molecule has 0 aliphatic rings. The third kappa shape index (κ3) is 8.42. The van der Waals surface area contributed by atoms with Crippen LogP contribution in [0.2, 0.25) is 0 Å². The van der Waals surface area contributed by atoms with Crippen molar-refractivity contribution >= 4 is 8.60 Å². The second-order valence-corrected chi connectivity index (χ2v) is 16.6. The molecule has 226 valence electrons. The maximum Gasteiger partial charge on any atom is 0.467 e. The number of aliphatic hydroxyl groups is 3. The van der Waals surface area contributed by atoms with Crippen molar-refractivity contribution in [3.63, 3.8) is 0 Å². The minimum absolute atomic E-state index is 0.0663. The van der Waals surface area contributed by atoms with E-state index in [1.54, 1.807) is 0 Å². The van der Waals surface area contributed by atoms with Crippen LogP contribution in [-0.2, 0) is 26.2 Å². The highest BCUT2D eigenvalue weighted by molar-refractivity contribution is 7.42. The SMILES string of the molecule is CC(C)(C)c1ccc(OP(Oc2ccc(C(C)(C)C)cc2C(C)(C)C)OC(O)(O)C(C)(C)CO)c(C(C)(C)C)c1. The van der Waals surface area contributed by atoms with Crippen LogP contribution in [0.25, 0.3) is 0 Å². The lowest BCUT2D eigenvalue weighted by molar-refractivity contribution is -0.356. The predicted molar refractivity (Wildman–Crippen MR) is 165 cm³/mol. The number of hydrogen-bond acceptors (Lipinski definition) is 6. The normalized spacial score (nSPS) is 14.1. The first-order valence-electron chi connectivity index (χ1n) is 14.0. The summed E-state index contributed by atoms with van der Waals surface area (Å²) in [6.45, 7) is 28.0. The van der Waals surface area contributed by atoms with Gasteiger partial charge in [0, 0.05) is 11.1 Å². The summed E-state index contributed by atoms with van der Waals surface area (Å²) >= 11 is 0. The largest absolute Gasteiger partial charge is 0.467 e. The Balaban J connectivity index is 2.68. The summed E-state index contributed by atoms with van der Waals surface area (Å²) < 4.78 is 18.6. The Hall–Kier alpha value is -1.69. The fourth-order valence-electron chi connectivity index (χ4n) is 3.87. The fraction of sp³-hybridized carbons (Fsp3) is 0.636. The highest BCUT2D eigenvalue weighted by Gasteiger charge is 2.48. The van der Waals surface area contributed by atoms with Crippen molar-refractivity contribution in [2.24, 2.45) is 5.41 Å². The molecule has 0 aliphatic heterocycles. The molecule has 0 aromatic heterocycles. The summed E-state index contributed by atoms with van der Waals surface area (Å²) in [6.07, 6.45) is 0. The van der Waals surface area contributed by atoms with E-state index in [4.69, 9.17) is 13.6 Å². The van der Waals surface area contributed by atoms with Crippen molar-refractivity contribution in [3.05, 3.63) is 58.7 Å². The topological polar surface area (TPSA) is 88.4 Å². The molecule has 40 heavy (non-hydrogen) atoms. The maximum atomic E-state index is 11.0. The molecule has 2 rings (SSSR count). The molecule has 0 saturated heterocycles. The molecule has 0 heterocycles. The molecule has 2 aromatic rings. The van der Waals surface area contributed by atoms with Gasteiger partial charge in [-0.15, -0.1) is 0 Å². The van der Waals surface area contributed by atoms with Gasteiger partial charge in [0.1, 0.15) is 11.5 Å². The second kappa shape index (κ2) is 11.5. The Morgan fingerprint density at radius 3 is 1.20 bits per heavy atom. The van der Waals surface area contributed by atoms with Crippen molar-refractivity contribution < 1.29 is 28.9 Å². The van der Waals surface area contributed by atoms with E-state index in [2.05, 4.69) is 95.2 Å². The predicted octanol–water partition coefficient (Wildman–Crippen LogP) is 8.23. The van der Waals surface area contributed by atoms with E-state index in [0.717, 1.165) is 22.3 Å². The van der Waals surface area contributed by atoms with Crippen LogP contribution in [0.4, 0.5) is 0 Å². The van der Waals surface area contributed by atoms with Crippen LogP contribution in [0.5, 0.6) is 11.5 Å². The van der Waals surface area contributed by atoms with E-state index in [1.807, 2.05) is 24.3 Å². The maximum absolute atomic E-state index is 11.0. The van der Waals surface area contributed by atoms with Gasteiger partial charge in [-0.25, -0.2) is 4.52 Å². The van der Waals surface area contributed by atoms with Crippen LogP contribution < -0.4 is 9.05 Å². The van der Waals surface area contributed by atoms with Gasteiger partial charge in [0.2, 0.25) is 0 Å². The Morgan fingerprint density at radius 1 is 0.575 bits per heavy atom. The van der Waals surface area contributed by atoms with Crippen LogP contribution in [0.1, 0.15) is 119 Å². The van der Waals surface area contributed by atoms with E-state index >= 15 is 0 Å². The zero-order chi connectivity index (χ0) is 31.1. The van der Waals surface area contributed by atoms with Crippen LogP contribution in [0.3, 0.4) is 0 Å². The number of benzene rings is 2. The lowest BCUT2D eigenvalue weighted by Crippen LogP contribution is -2.48. The summed E-state index contributed by atoms with van der Waals surface area (Å²) in [5.41, 5.74) is 2.11. The highest BCUT2D eigenvalue weighted by atomic mass is 31.2. The van der Waals surface area contributed by atoms with Crippen molar-refractivity contribution in [2.75, 3.05) is 6.61 Å². The van der Waals surface area contributed by atoms with Gasteiger partial charge in [-0.05, 0) is 58.8 Å². The van der Waals surface area contributed by atoms with E-state index in [9.17, 15) is 15.3 Å². The smallest absolute Gasteiger partial charge is 0.417 e. The number of rotatable bonds is 8. The first-order chi connectivity index (χ1) is 17.8. The first kappa shape index (κ1) is 34.5. The molecule has 0 bridgehead atoms. The zero-order valence-corrected chi connectivity index (χ0v) is 28.1.